The lowest BCUT2D eigenvalue weighted by atomic mass is 10.1. The number of hydrogen-bond acceptors (Lipinski definition) is 4. The van der Waals surface area contributed by atoms with E-state index in [1.54, 1.807) is 0 Å². The molecule has 0 spiro atoms. The number of ether oxygens (including phenoxy) is 1. The minimum atomic E-state index is 0.301. The average molecular weight is 257 g/mol. The van der Waals surface area contributed by atoms with E-state index in [0.29, 0.717) is 11.9 Å². The molecule has 4 heteroatoms. The molecular formula is C15H19N3O. The Labute approximate surface area is 113 Å². The standard InChI is InChI=1S/C15H19N3O/c1-10(2)9-19-13-6-4-12(5-7-13)14-8-11(3)17-15(16)18-14/h4-8,10H,9H2,1-3H3,(H2,16,17,18). The molecular weight excluding hydrogens is 238 g/mol. The van der Waals surface area contributed by atoms with E-state index in [-0.39, 0.29) is 0 Å². The highest BCUT2D eigenvalue weighted by molar-refractivity contribution is 5.61. The second-order valence-electron chi connectivity index (χ2n) is 4.98. The fraction of sp³-hybridized carbons (Fsp3) is 0.333. The Bertz CT molecular complexity index is 530. The summed E-state index contributed by atoms with van der Waals surface area (Å²) in [6.07, 6.45) is 0. The molecule has 0 aliphatic heterocycles. The van der Waals surface area contributed by atoms with E-state index in [1.165, 1.54) is 0 Å². The number of benzene rings is 1. The van der Waals surface area contributed by atoms with E-state index in [9.17, 15) is 0 Å². The molecule has 2 rings (SSSR count). The fourth-order valence-electron chi connectivity index (χ4n) is 1.72. The molecule has 0 aliphatic rings. The van der Waals surface area contributed by atoms with Crippen molar-refractivity contribution in [3.8, 4) is 17.0 Å². The molecule has 1 aromatic heterocycles. The van der Waals surface area contributed by atoms with Gasteiger partial charge in [0.25, 0.3) is 0 Å². The predicted octanol–water partition coefficient (Wildman–Crippen LogP) is 3.07. The molecule has 0 atom stereocenters. The smallest absolute Gasteiger partial charge is 0.220 e. The molecule has 0 amide bonds. The molecule has 100 valence electrons. The summed E-state index contributed by atoms with van der Waals surface area (Å²) >= 11 is 0. The minimum Gasteiger partial charge on any atom is -0.493 e. The van der Waals surface area contributed by atoms with Crippen LogP contribution >= 0.6 is 0 Å². The van der Waals surface area contributed by atoms with Crippen molar-refractivity contribution in [1.29, 1.82) is 0 Å². The van der Waals surface area contributed by atoms with Gasteiger partial charge in [-0.3, -0.25) is 0 Å². The van der Waals surface area contributed by atoms with Crippen LogP contribution in [-0.2, 0) is 0 Å². The summed E-state index contributed by atoms with van der Waals surface area (Å²) < 4.78 is 5.65. The quantitative estimate of drug-likeness (QED) is 0.914. The van der Waals surface area contributed by atoms with Crippen LogP contribution in [0.25, 0.3) is 11.3 Å². The zero-order valence-corrected chi connectivity index (χ0v) is 11.6. The number of nitrogens with two attached hydrogens (primary N) is 1. The van der Waals surface area contributed by atoms with E-state index < -0.39 is 0 Å². The molecule has 0 saturated heterocycles. The molecule has 1 heterocycles. The highest BCUT2D eigenvalue weighted by atomic mass is 16.5. The highest BCUT2D eigenvalue weighted by Gasteiger charge is 2.03. The highest BCUT2D eigenvalue weighted by Crippen LogP contribution is 2.22. The first-order valence-corrected chi connectivity index (χ1v) is 6.39. The summed E-state index contributed by atoms with van der Waals surface area (Å²) in [5.41, 5.74) is 8.37. The largest absolute Gasteiger partial charge is 0.493 e. The zero-order chi connectivity index (χ0) is 13.8. The van der Waals surface area contributed by atoms with Gasteiger partial charge in [-0.05, 0) is 43.2 Å². The van der Waals surface area contributed by atoms with Gasteiger partial charge in [-0.25, -0.2) is 9.97 Å². The van der Waals surface area contributed by atoms with E-state index >= 15 is 0 Å². The van der Waals surface area contributed by atoms with Crippen molar-refractivity contribution in [3.63, 3.8) is 0 Å². The van der Waals surface area contributed by atoms with Gasteiger partial charge in [0.05, 0.1) is 12.3 Å². The number of aryl methyl sites for hydroxylation is 1. The van der Waals surface area contributed by atoms with E-state index in [0.717, 1.165) is 29.3 Å². The first-order chi connectivity index (χ1) is 9.04. The lowest BCUT2D eigenvalue weighted by Crippen LogP contribution is -2.04. The summed E-state index contributed by atoms with van der Waals surface area (Å²) in [5.74, 6) is 1.69. The number of nitrogens with zero attached hydrogens (tertiary/aromatic N) is 2. The van der Waals surface area contributed by atoms with E-state index in [1.807, 2.05) is 37.3 Å². The van der Waals surface area contributed by atoms with Crippen molar-refractivity contribution < 1.29 is 4.74 Å². The summed E-state index contributed by atoms with van der Waals surface area (Å²) in [6, 6.07) is 9.78. The Kier molecular flexibility index (Phi) is 4.00. The van der Waals surface area contributed by atoms with Gasteiger partial charge in [0.2, 0.25) is 5.95 Å². The molecule has 0 bridgehead atoms. The van der Waals surface area contributed by atoms with Gasteiger partial charge in [-0.15, -0.1) is 0 Å². The molecule has 0 saturated carbocycles. The number of hydrogen-bond donors (Lipinski definition) is 1. The lowest BCUT2D eigenvalue weighted by molar-refractivity contribution is 0.271. The monoisotopic (exact) mass is 257 g/mol. The van der Waals surface area contributed by atoms with Crippen LogP contribution < -0.4 is 10.5 Å². The molecule has 1 aromatic carbocycles. The molecule has 2 N–H and O–H groups in total. The number of rotatable bonds is 4. The van der Waals surface area contributed by atoms with Gasteiger partial charge in [0, 0.05) is 11.3 Å². The Hall–Kier alpha value is -2.10. The van der Waals surface area contributed by atoms with Crippen LogP contribution in [0.15, 0.2) is 30.3 Å². The molecule has 4 nitrogen and oxygen atoms in total. The maximum absolute atomic E-state index is 5.66. The lowest BCUT2D eigenvalue weighted by Gasteiger charge is -2.09. The number of aromatic nitrogens is 2. The van der Waals surface area contributed by atoms with Crippen LogP contribution in [0, 0.1) is 12.8 Å². The van der Waals surface area contributed by atoms with Crippen LogP contribution in [0.3, 0.4) is 0 Å². The van der Waals surface area contributed by atoms with Gasteiger partial charge in [0.15, 0.2) is 0 Å². The normalized spacial score (nSPS) is 10.7. The first-order valence-electron chi connectivity index (χ1n) is 6.39. The van der Waals surface area contributed by atoms with Crippen LogP contribution in [0.5, 0.6) is 5.75 Å². The second kappa shape index (κ2) is 5.69. The topological polar surface area (TPSA) is 61.0 Å². The van der Waals surface area contributed by atoms with Crippen LogP contribution in [0.1, 0.15) is 19.5 Å². The van der Waals surface area contributed by atoms with E-state index in [4.69, 9.17) is 10.5 Å². The van der Waals surface area contributed by atoms with Gasteiger partial charge in [0.1, 0.15) is 5.75 Å². The Balaban J connectivity index is 2.17. The molecule has 0 fully saturated rings. The third kappa shape index (κ3) is 3.68. The van der Waals surface area contributed by atoms with Crippen LogP contribution in [0.4, 0.5) is 5.95 Å². The first kappa shape index (κ1) is 13.3. The summed E-state index contributed by atoms with van der Waals surface area (Å²) in [5, 5.41) is 0. The maximum Gasteiger partial charge on any atom is 0.220 e. The predicted molar refractivity (Wildman–Crippen MR) is 77.0 cm³/mol. The Morgan fingerprint density at radius 1 is 1.16 bits per heavy atom. The zero-order valence-electron chi connectivity index (χ0n) is 11.6. The van der Waals surface area contributed by atoms with Gasteiger partial charge in [-0.2, -0.15) is 0 Å². The number of nitrogen functional groups attached to an aromatic ring is 1. The SMILES string of the molecule is Cc1cc(-c2ccc(OCC(C)C)cc2)nc(N)n1. The maximum atomic E-state index is 5.66. The van der Waals surface area contributed by atoms with Gasteiger partial charge in [-0.1, -0.05) is 13.8 Å². The third-order valence-corrected chi connectivity index (χ3v) is 2.60. The van der Waals surface area contributed by atoms with Crippen molar-refractivity contribution in [2.75, 3.05) is 12.3 Å². The van der Waals surface area contributed by atoms with Crippen molar-refractivity contribution in [2.24, 2.45) is 5.92 Å². The third-order valence-electron chi connectivity index (χ3n) is 2.60. The minimum absolute atomic E-state index is 0.301. The van der Waals surface area contributed by atoms with Crippen molar-refractivity contribution in [3.05, 3.63) is 36.0 Å². The molecule has 2 aromatic rings. The molecule has 0 radical (unpaired) electrons. The van der Waals surface area contributed by atoms with Gasteiger partial charge < -0.3 is 10.5 Å². The molecule has 0 aliphatic carbocycles. The van der Waals surface area contributed by atoms with Crippen molar-refractivity contribution >= 4 is 5.95 Å². The van der Waals surface area contributed by atoms with E-state index in [2.05, 4.69) is 23.8 Å². The summed E-state index contributed by atoms with van der Waals surface area (Å²) in [4.78, 5) is 8.30. The van der Waals surface area contributed by atoms with Crippen molar-refractivity contribution in [1.82, 2.24) is 9.97 Å². The van der Waals surface area contributed by atoms with Gasteiger partial charge >= 0.3 is 0 Å². The molecule has 0 unspecified atom stereocenters. The van der Waals surface area contributed by atoms with Crippen LogP contribution in [-0.4, -0.2) is 16.6 Å². The summed E-state index contributed by atoms with van der Waals surface area (Å²) in [6.45, 7) is 6.88. The Morgan fingerprint density at radius 2 is 1.84 bits per heavy atom. The van der Waals surface area contributed by atoms with Crippen LogP contribution in [0.2, 0.25) is 0 Å². The Morgan fingerprint density at radius 3 is 2.42 bits per heavy atom. The van der Waals surface area contributed by atoms with Crippen molar-refractivity contribution in [2.45, 2.75) is 20.8 Å². The molecule has 19 heavy (non-hydrogen) atoms. The average Bonchev–Trinajstić information content (AvgIpc) is 2.36. The second-order valence-corrected chi connectivity index (χ2v) is 4.98. The number of anilines is 1. The fourth-order valence-corrected chi connectivity index (χ4v) is 1.72. The summed E-state index contributed by atoms with van der Waals surface area (Å²) in [7, 11) is 0.